The fourth-order valence-electron chi connectivity index (χ4n) is 0.102. The lowest BCUT2D eigenvalue weighted by atomic mass is 10.2. The molecule has 0 heterocycles. The lowest BCUT2D eigenvalue weighted by molar-refractivity contribution is 1.16. The zero-order valence-corrected chi connectivity index (χ0v) is 3.91. The largest absolute Gasteiger partial charge is 0.0988 e. The van der Waals surface area contributed by atoms with Crippen LogP contribution in [-0.2, 0) is 0 Å². The molecule has 0 aromatic heterocycles. The minimum atomic E-state index is 0.421. The van der Waals surface area contributed by atoms with Crippen molar-refractivity contribution in [2.45, 2.75) is 13.3 Å². The Kier molecular flexibility index (Phi) is 1.65. The molecule has 6 heavy (non-hydrogen) atoms. The summed E-state index contributed by atoms with van der Waals surface area (Å²) < 4.78 is 6.73. The number of rotatable bonds is 2. The average molecular weight is 83.2 g/mol. The molecule has 0 fully saturated rings. The molecule has 0 aromatic carbocycles. The fraction of sp³-hybridized carbons (Fsp3) is 0.333. The van der Waals surface area contributed by atoms with E-state index in [0.29, 0.717) is 6.90 Å². The van der Waals surface area contributed by atoms with E-state index in [0.717, 1.165) is 12.0 Å². The molecule has 0 spiro atoms. The molecule has 0 aliphatic heterocycles. The van der Waals surface area contributed by atoms with Crippen LogP contribution in [0.3, 0.4) is 0 Å². The molecular weight excluding hydrogens is 72.1 g/mol. The zero-order chi connectivity index (χ0) is 5.70. The van der Waals surface area contributed by atoms with Gasteiger partial charge in [0.1, 0.15) is 0 Å². The quantitative estimate of drug-likeness (QED) is 0.449. The number of allylic oxidation sites excluding steroid dienone is 2. The van der Waals surface area contributed by atoms with Crippen molar-refractivity contribution in [3.05, 3.63) is 24.8 Å². The van der Waals surface area contributed by atoms with Gasteiger partial charge in [-0.3, -0.25) is 0 Å². The maximum Gasteiger partial charge on any atom is 0.0234 e. The monoisotopic (exact) mass is 83.1 g/mol. The van der Waals surface area contributed by atoms with Crippen LogP contribution in [-0.4, -0.2) is 0 Å². The van der Waals surface area contributed by atoms with Gasteiger partial charge in [-0.2, -0.15) is 0 Å². The Balaban J connectivity index is 3.17. The normalized spacial score (nSPS) is 9.67. The van der Waals surface area contributed by atoms with E-state index >= 15 is 0 Å². The van der Waals surface area contributed by atoms with Crippen LogP contribution in [0.1, 0.15) is 14.7 Å². The summed E-state index contributed by atoms with van der Waals surface area (Å²) in [6.07, 6.45) is 2.44. The van der Waals surface area contributed by atoms with Crippen LogP contribution < -0.4 is 0 Å². The second-order valence-corrected chi connectivity index (χ2v) is 1.11. The van der Waals surface area contributed by atoms with Crippen molar-refractivity contribution in [1.29, 1.82) is 0 Å². The Labute approximate surface area is 40.6 Å². The summed E-state index contributed by atoms with van der Waals surface area (Å²) in [5.74, 6) is 0. The van der Waals surface area contributed by atoms with E-state index in [1.807, 2.05) is 0 Å². The third kappa shape index (κ3) is 1.77. The van der Waals surface area contributed by atoms with Gasteiger partial charge >= 0.3 is 0 Å². The summed E-state index contributed by atoms with van der Waals surface area (Å²) in [5, 5.41) is 0. The molecule has 0 aliphatic carbocycles. The highest BCUT2D eigenvalue weighted by Gasteiger charge is 1.72. The van der Waals surface area contributed by atoms with Crippen molar-refractivity contribution in [1.82, 2.24) is 0 Å². The van der Waals surface area contributed by atoms with Gasteiger partial charge < -0.3 is 0 Å². The van der Waals surface area contributed by atoms with E-state index in [2.05, 4.69) is 13.2 Å². The second kappa shape index (κ2) is 2.70. The van der Waals surface area contributed by atoms with Gasteiger partial charge in [-0.05, 0) is 6.42 Å². The van der Waals surface area contributed by atoms with Gasteiger partial charge in [0.05, 0.1) is 0 Å². The van der Waals surface area contributed by atoms with Gasteiger partial charge in [-0.15, -0.1) is 0 Å². The Morgan fingerprint density at radius 2 is 2.83 bits per heavy atom. The van der Waals surface area contributed by atoms with Gasteiger partial charge in [-0.1, -0.05) is 31.7 Å². The van der Waals surface area contributed by atoms with Crippen LogP contribution in [0.25, 0.3) is 0 Å². The van der Waals surface area contributed by atoms with E-state index in [1.165, 1.54) is 0 Å². The van der Waals surface area contributed by atoms with E-state index in [-0.39, 0.29) is 0 Å². The molecule has 0 N–H and O–H groups in total. The summed E-state index contributed by atoms with van der Waals surface area (Å²) in [7, 11) is 0. The summed E-state index contributed by atoms with van der Waals surface area (Å²) in [6, 6.07) is 0. The lowest BCUT2D eigenvalue weighted by Crippen LogP contribution is -1.62. The van der Waals surface area contributed by atoms with Crippen LogP contribution >= 0.6 is 0 Å². The summed E-state index contributed by atoms with van der Waals surface area (Å²) in [6.45, 7) is 7.54. The molecule has 0 bridgehead atoms. The molecular formula is C6H10. The van der Waals surface area contributed by atoms with Crippen LogP contribution in [0.5, 0.6) is 0 Å². The molecule has 0 atom stereocenters. The number of hydrogen-bond donors (Lipinski definition) is 0. The Morgan fingerprint density at radius 3 is 3.00 bits per heavy atom. The second-order valence-electron chi connectivity index (χ2n) is 1.11. The van der Waals surface area contributed by atoms with Crippen LogP contribution in [0, 0.1) is 0 Å². The zero-order valence-electron chi connectivity index (χ0n) is 4.91. The molecule has 0 aliphatic rings. The van der Waals surface area contributed by atoms with Gasteiger partial charge in [0.15, 0.2) is 0 Å². The van der Waals surface area contributed by atoms with Crippen LogP contribution in [0.2, 0.25) is 0 Å². The molecule has 0 rings (SSSR count). The van der Waals surface area contributed by atoms with Crippen molar-refractivity contribution in [2.75, 3.05) is 0 Å². The molecule has 0 radical (unpaired) electrons. The highest BCUT2D eigenvalue weighted by atomic mass is 13.8. The first-order valence-electron chi connectivity index (χ1n) is 2.61. The summed E-state index contributed by atoms with van der Waals surface area (Å²) in [5.41, 5.74) is 0.954. The first-order valence-corrected chi connectivity index (χ1v) is 1.90. The minimum Gasteiger partial charge on any atom is -0.0988 e. The van der Waals surface area contributed by atoms with Gasteiger partial charge in [0, 0.05) is 1.37 Å². The Bertz CT molecular complexity index is 74.2. The average Bonchev–Trinajstić information content (AvgIpc) is 1.68. The molecule has 0 heteroatoms. The van der Waals surface area contributed by atoms with Gasteiger partial charge in [0.25, 0.3) is 0 Å². The van der Waals surface area contributed by atoms with Crippen molar-refractivity contribution in [3.8, 4) is 0 Å². The molecule has 0 aromatic rings. The van der Waals surface area contributed by atoms with Crippen molar-refractivity contribution in [2.24, 2.45) is 0 Å². The topological polar surface area (TPSA) is 0 Å². The Hall–Kier alpha value is -0.520. The first-order chi connectivity index (χ1) is 3.31. The van der Waals surface area contributed by atoms with E-state index < -0.39 is 0 Å². The molecule has 0 saturated heterocycles. The summed E-state index contributed by atoms with van der Waals surface area (Å²) in [4.78, 5) is 0. The summed E-state index contributed by atoms with van der Waals surface area (Å²) >= 11 is 0. The van der Waals surface area contributed by atoms with Crippen molar-refractivity contribution in [3.63, 3.8) is 0 Å². The highest BCUT2D eigenvalue weighted by molar-refractivity contribution is 5.09. The molecule has 0 nitrogen and oxygen atoms in total. The SMILES string of the molecule is [2H]CCC(=C)C=C. The van der Waals surface area contributed by atoms with Crippen LogP contribution in [0.4, 0.5) is 0 Å². The maximum absolute atomic E-state index is 6.73. The smallest absolute Gasteiger partial charge is 0.0234 e. The van der Waals surface area contributed by atoms with Gasteiger partial charge in [0.2, 0.25) is 0 Å². The van der Waals surface area contributed by atoms with E-state index in [4.69, 9.17) is 1.37 Å². The van der Waals surface area contributed by atoms with Crippen LogP contribution in [0.15, 0.2) is 24.8 Å². The number of hydrogen-bond acceptors (Lipinski definition) is 0. The standard InChI is InChI=1S/C6H10/c1-4-6(3)5-2/h4H,1,3,5H2,2H3/i2D. The van der Waals surface area contributed by atoms with Crippen molar-refractivity contribution < 1.29 is 1.37 Å². The lowest BCUT2D eigenvalue weighted by Gasteiger charge is -1.83. The molecule has 0 unspecified atom stereocenters. The third-order valence-electron chi connectivity index (χ3n) is 0.610. The first kappa shape index (κ1) is 3.66. The minimum absolute atomic E-state index is 0.421. The molecule has 0 saturated carbocycles. The molecule has 34 valence electrons. The van der Waals surface area contributed by atoms with Gasteiger partial charge in [-0.25, -0.2) is 0 Å². The van der Waals surface area contributed by atoms with E-state index in [1.54, 1.807) is 6.08 Å². The predicted molar refractivity (Wildman–Crippen MR) is 29.6 cm³/mol. The maximum atomic E-state index is 6.73. The fourth-order valence-corrected chi connectivity index (χ4v) is 0.102. The highest BCUT2D eigenvalue weighted by Crippen LogP contribution is 1.93. The van der Waals surface area contributed by atoms with E-state index in [9.17, 15) is 0 Å². The third-order valence-corrected chi connectivity index (χ3v) is 0.610. The predicted octanol–water partition coefficient (Wildman–Crippen LogP) is 2.14. The Morgan fingerprint density at radius 1 is 2.17 bits per heavy atom. The molecule has 0 amide bonds. The van der Waals surface area contributed by atoms with Crippen molar-refractivity contribution >= 4 is 0 Å².